The third-order valence-corrected chi connectivity index (χ3v) is 3.71. The Kier molecular flexibility index (Phi) is 5.83. The van der Waals surface area contributed by atoms with E-state index in [1.165, 1.54) is 0 Å². The fourth-order valence-electron chi connectivity index (χ4n) is 1.36. The predicted molar refractivity (Wildman–Crippen MR) is 71.1 cm³/mol. The van der Waals surface area contributed by atoms with Crippen molar-refractivity contribution in [2.45, 2.75) is 18.9 Å². The summed E-state index contributed by atoms with van der Waals surface area (Å²) in [6.45, 7) is 0. The SMILES string of the molecule is CSCCC(N)Cc1cccc(Cl)c1Cl. The number of halogens is 2. The molecule has 1 atom stereocenters. The first-order valence-corrected chi connectivity index (χ1v) is 6.97. The minimum atomic E-state index is 0.161. The average molecular weight is 264 g/mol. The van der Waals surface area contributed by atoms with Crippen LogP contribution in [0, 0.1) is 0 Å². The molecule has 1 aromatic carbocycles. The fourth-order valence-corrected chi connectivity index (χ4v) is 2.30. The Bertz CT molecular complexity index is 317. The molecule has 4 heteroatoms. The summed E-state index contributed by atoms with van der Waals surface area (Å²) in [6.07, 6.45) is 3.88. The van der Waals surface area contributed by atoms with Gasteiger partial charge in [0, 0.05) is 6.04 Å². The average Bonchev–Trinajstić information content (AvgIpc) is 2.22. The number of hydrogen-bond acceptors (Lipinski definition) is 2. The summed E-state index contributed by atoms with van der Waals surface area (Å²) in [5.74, 6) is 1.08. The minimum Gasteiger partial charge on any atom is -0.327 e. The Balaban J connectivity index is 2.60. The predicted octanol–water partition coefficient (Wildman–Crippen LogP) is 3.62. The van der Waals surface area contributed by atoms with Gasteiger partial charge in [0.1, 0.15) is 0 Å². The number of benzene rings is 1. The highest BCUT2D eigenvalue weighted by molar-refractivity contribution is 7.98. The molecule has 0 fully saturated rings. The molecular formula is C11H15Cl2NS. The van der Waals surface area contributed by atoms with Crippen molar-refractivity contribution in [1.29, 1.82) is 0 Å². The van der Waals surface area contributed by atoms with Crippen molar-refractivity contribution in [2.75, 3.05) is 12.0 Å². The molecule has 0 radical (unpaired) electrons. The Hall–Kier alpha value is 0.110. The monoisotopic (exact) mass is 263 g/mol. The van der Waals surface area contributed by atoms with Crippen LogP contribution < -0.4 is 5.73 Å². The lowest BCUT2D eigenvalue weighted by atomic mass is 10.0. The summed E-state index contributed by atoms with van der Waals surface area (Å²) in [5, 5.41) is 1.24. The summed E-state index contributed by atoms with van der Waals surface area (Å²) in [7, 11) is 0. The third kappa shape index (κ3) is 4.23. The van der Waals surface area contributed by atoms with Crippen LogP contribution in [0.2, 0.25) is 10.0 Å². The van der Waals surface area contributed by atoms with Gasteiger partial charge in [-0.3, -0.25) is 0 Å². The lowest BCUT2D eigenvalue weighted by molar-refractivity contribution is 0.652. The molecule has 1 unspecified atom stereocenters. The number of hydrogen-bond donors (Lipinski definition) is 1. The zero-order valence-electron chi connectivity index (χ0n) is 8.67. The molecule has 0 aliphatic carbocycles. The molecule has 1 aromatic rings. The van der Waals surface area contributed by atoms with E-state index in [1.54, 1.807) is 6.07 Å². The molecule has 0 saturated heterocycles. The smallest absolute Gasteiger partial charge is 0.0624 e. The first-order chi connectivity index (χ1) is 7.15. The first kappa shape index (κ1) is 13.2. The van der Waals surface area contributed by atoms with Gasteiger partial charge in [-0.25, -0.2) is 0 Å². The highest BCUT2D eigenvalue weighted by Crippen LogP contribution is 2.26. The van der Waals surface area contributed by atoms with Crippen LogP contribution in [0.1, 0.15) is 12.0 Å². The van der Waals surface area contributed by atoms with Crippen molar-refractivity contribution in [1.82, 2.24) is 0 Å². The molecule has 1 nitrogen and oxygen atoms in total. The van der Waals surface area contributed by atoms with Gasteiger partial charge in [-0.15, -0.1) is 0 Å². The molecule has 0 saturated carbocycles. The molecule has 15 heavy (non-hydrogen) atoms. The van der Waals surface area contributed by atoms with E-state index in [2.05, 4.69) is 6.26 Å². The second-order valence-corrected chi connectivity index (χ2v) is 5.23. The molecule has 0 heterocycles. The van der Waals surface area contributed by atoms with Gasteiger partial charge < -0.3 is 5.73 Å². The van der Waals surface area contributed by atoms with Crippen molar-refractivity contribution in [3.05, 3.63) is 33.8 Å². The van der Waals surface area contributed by atoms with Crippen LogP contribution in [-0.2, 0) is 6.42 Å². The van der Waals surface area contributed by atoms with Gasteiger partial charge in [-0.1, -0.05) is 35.3 Å². The van der Waals surface area contributed by atoms with Crippen molar-refractivity contribution in [2.24, 2.45) is 5.73 Å². The highest BCUT2D eigenvalue weighted by Gasteiger charge is 2.08. The summed E-state index contributed by atoms with van der Waals surface area (Å²) in [4.78, 5) is 0. The first-order valence-electron chi connectivity index (χ1n) is 4.82. The molecule has 0 aromatic heterocycles. The van der Waals surface area contributed by atoms with Crippen LogP contribution in [-0.4, -0.2) is 18.1 Å². The van der Waals surface area contributed by atoms with E-state index in [0.717, 1.165) is 24.2 Å². The maximum Gasteiger partial charge on any atom is 0.0624 e. The van der Waals surface area contributed by atoms with E-state index in [4.69, 9.17) is 28.9 Å². The van der Waals surface area contributed by atoms with Gasteiger partial charge in [0.05, 0.1) is 10.0 Å². The van der Waals surface area contributed by atoms with Gasteiger partial charge in [0.25, 0.3) is 0 Å². The summed E-state index contributed by atoms with van der Waals surface area (Å²) < 4.78 is 0. The van der Waals surface area contributed by atoms with E-state index >= 15 is 0 Å². The van der Waals surface area contributed by atoms with Crippen LogP contribution in [0.15, 0.2) is 18.2 Å². The molecule has 0 aliphatic heterocycles. The maximum atomic E-state index is 6.08. The molecule has 0 amide bonds. The molecule has 84 valence electrons. The van der Waals surface area contributed by atoms with Crippen LogP contribution >= 0.6 is 35.0 Å². The Morgan fingerprint density at radius 2 is 2.13 bits per heavy atom. The van der Waals surface area contributed by atoms with E-state index in [0.29, 0.717) is 10.0 Å². The topological polar surface area (TPSA) is 26.0 Å². The van der Waals surface area contributed by atoms with E-state index in [-0.39, 0.29) is 6.04 Å². The highest BCUT2D eigenvalue weighted by atomic mass is 35.5. The molecule has 2 N–H and O–H groups in total. The van der Waals surface area contributed by atoms with Gasteiger partial charge in [0.2, 0.25) is 0 Å². The quantitative estimate of drug-likeness (QED) is 0.879. The molecule has 0 bridgehead atoms. The maximum absolute atomic E-state index is 6.08. The van der Waals surface area contributed by atoms with Crippen molar-refractivity contribution >= 4 is 35.0 Å². The second-order valence-electron chi connectivity index (χ2n) is 3.46. The summed E-state index contributed by atoms with van der Waals surface area (Å²) >= 11 is 13.8. The van der Waals surface area contributed by atoms with Crippen LogP contribution in [0.5, 0.6) is 0 Å². The van der Waals surface area contributed by atoms with E-state index < -0.39 is 0 Å². The van der Waals surface area contributed by atoms with Crippen molar-refractivity contribution < 1.29 is 0 Å². The van der Waals surface area contributed by atoms with E-state index in [9.17, 15) is 0 Å². The van der Waals surface area contributed by atoms with Crippen LogP contribution in [0.3, 0.4) is 0 Å². The van der Waals surface area contributed by atoms with Gasteiger partial charge in [-0.2, -0.15) is 11.8 Å². The van der Waals surface area contributed by atoms with Gasteiger partial charge in [0.15, 0.2) is 0 Å². The van der Waals surface area contributed by atoms with Crippen LogP contribution in [0.25, 0.3) is 0 Å². The molecule has 0 spiro atoms. The van der Waals surface area contributed by atoms with Crippen molar-refractivity contribution in [3.8, 4) is 0 Å². The number of nitrogens with two attached hydrogens (primary N) is 1. The van der Waals surface area contributed by atoms with Gasteiger partial charge in [-0.05, 0) is 36.5 Å². The number of rotatable bonds is 5. The molecular weight excluding hydrogens is 249 g/mol. The molecule has 0 aliphatic rings. The lowest BCUT2D eigenvalue weighted by Crippen LogP contribution is -2.23. The Labute approximate surface area is 105 Å². The zero-order chi connectivity index (χ0) is 11.3. The lowest BCUT2D eigenvalue weighted by Gasteiger charge is -2.12. The fraction of sp³-hybridized carbons (Fsp3) is 0.455. The number of thioether (sulfide) groups is 1. The van der Waals surface area contributed by atoms with Crippen molar-refractivity contribution in [3.63, 3.8) is 0 Å². The standard InChI is InChI=1S/C11H15Cl2NS/c1-15-6-5-9(14)7-8-3-2-4-10(12)11(8)13/h2-4,9H,5-7,14H2,1H3. The second kappa shape index (κ2) is 6.64. The normalized spacial score (nSPS) is 12.8. The third-order valence-electron chi connectivity index (χ3n) is 2.21. The largest absolute Gasteiger partial charge is 0.327 e. The Morgan fingerprint density at radius 3 is 2.80 bits per heavy atom. The van der Waals surface area contributed by atoms with Gasteiger partial charge >= 0.3 is 0 Å². The zero-order valence-corrected chi connectivity index (χ0v) is 11.0. The summed E-state index contributed by atoms with van der Waals surface area (Å²) in [5.41, 5.74) is 7.04. The molecule has 1 rings (SSSR count). The Morgan fingerprint density at radius 1 is 1.40 bits per heavy atom. The van der Waals surface area contributed by atoms with Crippen LogP contribution in [0.4, 0.5) is 0 Å². The van der Waals surface area contributed by atoms with E-state index in [1.807, 2.05) is 23.9 Å². The minimum absolute atomic E-state index is 0.161. The summed E-state index contributed by atoms with van der Waals surface area (Å²) in [6, 6.07) is 5.84.